The summed E-state index contributed by atoms with van der Waals surface area (Å²) in [6.45, 7) is 6.69. The van der Waals surface area contributed by atoms with Gasteiger partial charge in [-0.2, -0.15) is 9.98 Å². The molecule has 1 aliphatic rings. The number of amides is 1. The summed E-state index contributed by atoms with van der Waals surface area (Å²) in [6.07, 6.45) is 1.34. The molecule has 27 heavy (non-hydrogen) atoms. The average Bonchev–Trinajstić information content (AvgIpc) is 2.60. The lowest BCUT2D eigenvalue weighted by molar-refractivity contribution is 0.0232. The van der Waals surface area contributed by atoms with Crippen LogP contribution in [0.4, 0.5) is 16.2 Å². The minimum Gasteiger partial charge on any atom is -0.444 e. The first-order valence-electron chi connectivity index (χ1n) is 9.22. The van der Waals surface area contributed by atoms with E-state index in [1.807, 2.05) is 63.2 Å². The van der Waals surface area contributed by atoms with E-state index in [0.717, 1.165) is 35.3 Å². The van der Waals surface area contributed by atoms with Crippen LogP contribution in [0, 0.1) is 0 Å². The molecule has 0 N–H and O–H groups in total. The van der Waals surface area contributed by atoms with Gasteiger partial charge in [0.1, 0.15) is 11.6 Å². The third-order valence-corrected chi connectivity index (χ3v) is 4.21. The third-order valence-electron chi connectivity index (χ3n) is 4.21. The highest BCUT2D eigenvalue weighted by atomic mass is 16.6. The van der Waals surface area contributed by atoms with Crippen LogP contribution >= 0.6 is 0 Å². The summed E-state index contributed by atoms with van der Waals surface area (Å²) in [4.78, 5) is 23.3. The molecule has 0 spiro atoms. The second kappa shape index (κ2) is 8.19. The van der Waals surface area contributed by atoms with E-state index in [2.05, 4.69) is 22.1 Å². The topological polar surface area (TPSA) is 54.3 Å². The largest absolute Gasteiger partial charge is 0.444 e. The highest BCUT2D eigenvalue weighted by molar-refractivity contribution is 5.69. The summed E-state index contributed by atoms with van der Waals surface area (Å²) >= 11 is 0. The minimum atomic E-state index is -0.530. The predicted octanol–water partition coefficient (Wildman–Crippen LogP) is 5.51. The Bertz CT molecular complexity index is 877. The normalized spacial score (nSPS) is 14.6. The fourth-order valence-electron chi connectivity index (χ4n) is 2.95. The Morgan fingerprint density at radius 2 is 1.59 bits per heavy atom. The van der Waals surface area contributed by atoms with E-state index in [1.54, 1.807) is 4.90 Å². The summed E-state index contributed by atoms with van der Waals surface area (Å²) in [6, 6.07) is 18.5. The van der Waals surface area contributed by atoms with Gasteiger partial charge in [-0.3, -0.25) is 0 Å². The highest BCUT2D eigenvalue weighted by Gasteiger charge is 2.23. The highest BCUT2D eigenvalue weighted by Crippen LogP contribution is 2.24. The Morgan fingerprint density at radius 1 is 1.00 bits per heavy atom. The number of fused-ring (bicyclic) bond motifs is 2. The Labute approximate surface area is 160 Å². The average molecular weight is 363 g/mol. The van der Waals surface area contributed by atoms with E-state index in [9.17, 15) is 4.79 Å². The molecule has 0 aliphatic carbocycles. The van der Waals surface area contributed by atoms with Gasteiger partial charge in [-0.05, 0) is 56.9 Å². The van der Waals surface area contributed by atoms with Gasteiger partial charge in [-0.25, -0.2) is 4.79 Å². The first-order valence-corrected chi connectivity index (χ1v) is 9.22. The van der Waals surface area contributed by atoms with Crippen molar-refractivity contribution < 1.29 is 9.53 Å². The molecule has 0 unspecified atom stereocenters. The van der Waals surface area contributed by atoms with Gasteiger partial charge in [0.25, 0.3) is 0 Å². The number of carbonyl (C=O) groups excluding carboxylic acids is 1. The third kappa shape index (κ3) is 5.28. The molecule has 5 nitrogen and oxygen atoms in total. The van der Waals surface area contributed by atoms with Crippen molar-refractivity contribution in [2.24, 2.45) is 9.98 Å². The standard InChI is InChI=1S/C22H25N3O2/c1-22(2,3)27-21(26)25-14-8-11-17-9-4-6-12-19(17)23-16-24-20-13-7-5-10-18(20)15-25/h4-7,9-10,12-13H,8,11,14-15H2,1-3H3. The zero-order valence-electron chi connectivity index (χ0n) is 16.1. The van der Waals surface area contributed by atoms with E-state index < -0.39 is 5.60 Å². The molecule has 0 radical (unpaired) electrons. The van der Waals surface area contributed by atoms with Crippen molar-refractivity contribution in [3.63, 3.8) is 0 Å². The van der Waals surface area contributed by atoms with Crippen molar-refractivity contribution in [1.82, 2.24) is 4.90 Å². The number of carbonyl (C=O) groups is 1. The van der Waals surface area contributed by atoms with Crippen LogP contribution in [0.1, 0.15) is 38.3 Å². The summed E-state index contributed by atoms with van der Waals surface area (Å²) < 4.78 is 5.61. The van der Waals surface area contributed by atoms with Crippen LogP contribution in [0.3, 0.4) is 0 Å². The monoisotopic (exact) mass is 363 g/mol. The molecule has 1 aliphatic heterocycles. The molecule has 0 saturated carbocycles. The van der Waals surface area contributed by atoms with Gasteiger partial charge >= 0.3 is 6.09 Å². The summed E-state index contributed by atoms with van der Waals surface area (Å²) in [5.74, 6) is 0. The molecule has 0 fully saturated rings. The molecule has 5 heteroatoms. The van der Waals surface area contributed by atoms with Gasteiger partial charge < -0.3 is 9.64 Å². The Morgan fingerprint density at radius 3 is 2.26 bits per heavy atom. The zero-order chi connectivity index (χ0) is 19.3. The van der Waals surface area contributed by atoms with Gasteiger partial charge in [0.2, 0.25) is 0 Å². The smallest absolute Gasteiger partial charge is 0.410 e. The molecule has 140 valence electrons. The maximum atomic E-state index is 12.7. The second-order valence-electron chi connectivity index (χ2n) is 7.59. The lowest BCUT2D eigenvalue weighted by Crippen LogP contribution is -2.37. The first-order chi connectivity index (χ1) is 12.9. The van der Waals surface area contributed by atoms with E-state index >= 15 is 0 Å². The summed E-state index contributed by atoms with van der Waals surface area (Å²) in [7, 11) is 0. The van der Waals surface area contributed by atoms with E-state index in [4.69, 9.17) is 4.74 Å². The molecule has 1 heterocycles. The van der Waals surface area contributed by atoms with Crippen molar-refractivity contribution in [1.29, 1.82) is 0 Å². The van der Waals surface area contributed by atoms with Crippen molar-refractivity contribution in [3.05, 3.63) is 59.7 Å². The zero-order valence-corrected chi connectivity index (χ0v) is 16.1. The number of hydrogen-bond donors (Lipinski definition) is 0. The molecule has 2 aromatic carbocycles. The Hall–Kier alpha value is -2.91. The lowest BCUT2D eigenvalue weighted by Gasteiger charge is -2.28. The van der Waals surface area contributed by atoms with Crippen LogP contribution in [0.25, 0.3) is 0 Å². The summed E-state index contributed by atoms with van der Waals surface area (Å²) in [5, 5.41) is 0. The Balaban J connectivity index is 1.97. The second-order valence-corrected chi connectivity index (χ2v) is 7.59. The van der Waals surface area contributed by atoms with Crippen LogP contribution < -0.4 is 0 Å². The van der Waals surface area contributed by atoms with Crippen LogP contribution in [-0.4, -0.2) is 29.1 Å². The van der Waals surface area contributed by atoms with Crippen molar-refractivity contribution in [3.8, 4) is 0 Å². The van der Waals surface area contributed by atoms with Crippen LogP contribution in [0.2, 0.25) is 0 Å². The number of benzene rings is 2. The summed E-state index contributed by atoms with van der Waals surface area (Å²) in [5.41, 5.74) is 3.16. The number of rotatable bonds is 0. The van der Waals surface area contributed by atoms with Crippen molar-refractivity contribution in [2.75, 3.05) is 6.54 Å². The molecule has 0 saturated heterocycles. The number of hydrogen-bond acceptors (Lipinski definition) is 4. The van der Waals surface area contributed by atoms with Gasteiger partial charge in [-0.15, -0.1) is 0 Å². The molecular formula is C22H25N3O2. The molecule has 0 atom stereocenters. The van der Waals surface area contributed by atoms with Crippen LogP contribution in [-0.2, 0) is 17.7 Å². The van der Waals surface area contributed by atoms with E-state index in [0.29, 0.717) is 13.1 Å². The van der Waals surface area contributed by atoms with Crippen molar-refractivity contribution in [2.45, 2.75) is 45.8 Å². The number of para-hydroxylation sites is 2. The number of aliphatic imine (C=N–C) groups is 2. The molecule has 3 rings (SSSR count). The number of ether oxygens (including phenoxy) is 1. The molecule has 0 bridgehead atoms. The fourth-order valence-corrected chi connectivity index (χ4v) is 2.95. The maximum Gasteiger partial charge on any atom is 0.410 e. The van der Waals surface area contributed by atoms with E-state index in [-0.39, 0.29) is 6.09 Å². The van der Waals surface area contributed by atoms with E-state index in [1.165, 1.54) is 0 Å². The number of nitrogens with zero attached hydrogens (tertiary/aromatic N) is 3. The number of aryl methyl sites for hydroxylation is 1. The van der Waals surface area contributed by atoms with Gasteiger partial charge in [-0.1, -0.05) is 36.4 Å². The molecule has 0 aromatic heterocycles. The minimum absolute atomic E-state index is 0.305. The van der Waals surface area contributed by atoms with Crippen molar-refractivity contribution >= 4 is 23.5 Å². The van der Waals surface area contributed by atoms with Crippen LogP contribution in [0.5, 0.6) is 0 Å². The SMILES string of the molecule is CC(C)(C)OC(=O)N1CCCc2ccccc2N=C=Nc2ccccc2C1. The molecule has 1 amide bonds. The van der Waals surface area contributed by atoms with Crippen LogP contribution in [0.15, 0.2) is 58.5 Å². The fraction of sp³-hybridized carbons (Fsp3) is 0.364. The molecule has 2 aromatic rings. The first kappa shape index (κ1) is 18.9. The lowest BCUT2D eigenvalue weighted by atomic mass is 10.1. The predicted molar refractivity (Wildman–Crippen MR) is 107 cm³/mol. The molecular weight excluding hydrogens is 338 g/mol. The Kier molecular flexibility index (Phi) is 5.72. The quantitative estimate of drug-likeness (QED) is 0.620. The van der Waals surface area contributed by atoms with Gasteiger partial charge in [0.15, 0.2) is 0 Å². The van der Waals surface area contributed by atoms with Gasteiger partial charge in [0.05, 0.1) is 17.9 Å². The maximum absolute atomic E-state index is 12.7. The van der Waals surface area contributed by atoms with Gasteiger partial charge in [0, 0.05) is 6.54 Å².